The van der Waals surface area contributed by atoms with Crippen molar-refractivity contribution in [3.05, 3.63) is 0 Å². The molecule has 2 fully saturated rings. The Kier molecular flexibility index (Phi) is 14.6. The van der Waals surface area contributed by atoms with Gasteiger partial charge in [0.15, 0.2) is 24.4 Å². The summed E-state index contributed by atoms with van der Waals surface area (Å²) in [4.78, 5) is 84.5. The third-order valence-electron chi connectivity index (χ3n) is 5.87. The maximum Gasteiger partial charge on any atom is 0.305 e. The van der Waals surface area contributed by atoms with E-state index in [0.29, 0.717) is 0 Å². The highest BCUT2D eigenvalue weighted by molar-refractivity contribution is 14.1. The van der Waals surface area contributed by atoms with E-state index in [0.717, 1.165) is 60.2 Å². The topological polar surface area (TPSA) is 203 Å². The zero-order valence-electron chi connectivity index (χ0n) is 25.0. The molecule has 2 aliphatic heterocycles. The van der Waals surface area contributed by atoms with Crippen LogP contribution in [0.2, 0.25) is 0 Å². The monoisotopic (exact) mass is 762 g/mol. The van der Waals surface area contributed by atoms with E-state index >= 15 is 0 Å². The number of rotatable bonds is 11. The van der Waals surface area contributed by atoms with Crippen LogP contribution < -0.4 is 0 Å². The molecule has 2 rings (SSSR count). The summed E-state index contributed by atoms with van der Waals surface area (Å²) in [5, 5.41) is -1.11. The lowest BCUT2D eigenvalue weighted by molar-refractivity contribution is -0.258. The molecular formula is C26H35IO16S. The molecule has 0 radical (unpaired) electrons. The summed E-state index contributed by atoms with van der Waals surface area (Å²) in [6.45, 7) is 7.28. The van der Waals surface area contributed by atoms with Gasteiger partial charge in [0.05, 0.1) is 5.25 Å². The lowest BCUT2D eigenvalue weighted by Gasteiger charge is -2.48. The highest BCUT2D eigenvalue weighted by atomic mass is 127. The molecule has 18 heteroatoms. The first-order chi connectivity index (χ1) is 20.5. The molecule has 10 atom stereocenters. The minimum absolute atomic E-state index is 0.218. The van der Waals surface area contributed by atoms with Crippen LogP contribution in [-0.4, -0.2) is 113 Å². The van der Waals surface area contributed by atoms with Gasteiger partial charge in [0.2, 0.25) is 6.29 Å². The summed E-state index contributed by atoms with van der Waals surface area (Å²) >= 11 is 2.80. The Labute approximate surface area is 270 Å². The van der Waals surface area contributed by atoms with Gasteiger partial charge in [0.25, 0.3) is 0 Å². The van der Waals surface area contributed by atoms with Crippen molar-refractivity contribution < 1.29 is 76.2 Å². The van der Waals surface area contributed by atoms with Gasteiger partial charge in [-0.3, -0.25) is 33.6 Å². The molecule has 0 spiro atoms. The number of carbonyl (C=O) groups is 7. The average Bonchev–Trinajstić information content (AvgIpc) is 2.87. The van der Waals surface area contributed by atoms with Gasteiger partial charge in [-0.1, -0.05) is 22.6 Å². The van der Waals surface area contributed by atoms with Gasteiger partial charge >= 0.3 is 41.8 Å². The predicted octanol–water partition coefficient (Wildman–Crippen LogP) is 0.758. The number of halogens is 1. The molecule has 248 valence electrons. The zero-order valence-corrected chi connectivity index (χ0v) is 28.0. The van der Waals surface area contributed by atoms with Gasteiger partial charge in [-0.15, -0.1) is 11.8 Å². The second kappa shape index (κ2) is 17.1. The van der Waals surface area contributed by atoms with Gasteiger partial charge in [-0.25, -0.2) is 0 Å². The van der Waals surface area contributed by atoms with Crippen molar-refractivity contribution in [2.75, 3.05) is 11.0 Å². The Hall–Kier alpha value is -2.71. The maximum atomic E-state index is 12.3. The molecule has 0 aromatic heterocycles. The van der Waals surface area contributed by atoms with Crippen LogP contribution in [0.3, 0.4) is 0 Å². The summed E-state index contributed by atoms with van der Waals surface area (Å²) in [5.41, 5.74) is -1.33. The standard InChI is InChI=1S/C26H35IO16S/c1-10(28)35-9-18-19(36-11(2)29)21(38-13(4)31)22(39-14(5)32)26(43-18)44-24-20(37-12(3)30)17(8-27)42-25(41-16(7)34)23(24)40-15(6)33/h17-26H,8-9H2,1-7H3/t17-,18-,19-,20-,21+,22-,23-,24+,25+,26+/m1/s1. The third kappa shape index (κ3) is 11.0. The molecular weight excluding hydrogens is 727 g/mol. The number of hydrogen-bond donors (Lipinski definition) is 0. The van der Waals surface area contributed by atoms with E-state index < -0.39 is 108 Å². The van der Waals surface area contributed by atoms with Crippen molar-refractivity contribution in [3.63, 3.8) is 0 Å². The molecule has 0 aromatic rings. The van der Waals surface area contributed by atoms with Crippen LogP contribution in [-0.2, 0) is 76.2 Å². The maximum absolute atomic E-state index is 12.3. The molecule has 2 saturated heterocycles. The number of ether oxygens (including phenoxy) is 9. The fourth-order valence-electron chi connectivity index (χ4n) is 4.52. The van der Waals surface area contributed by atoms with Gasteiger partial charge in [-0.05, 0) is 0 Å². The van der Waals surface area contributed by atoms with Crippen LogP contribution in [0.25, 0.3) is 0 Å². The SMILES string of the molecule is CC(=O)OC[C@H]1O[C@@H](S[C@@H]2[C@@H](OC(C)=O)[C@@H](OC(C)=O)O[C@H](CI)[C@H]2OC(C)=O)[C@H](OC(C)=O)[C@@H](OC(C)=O)[C@@H]1OC(C)=O. The average molecular weight is 763 g/mol. The Morgan fingerprint density at radius 2 is 1.00 bits per heavy atom. The fraction of sp³-hybridized carbons (Fsp3) is 0.731. The van der Waals surface area contributed by atoms with Crippen molar-refractivity contribution >= 4 is 76.1 Å². The fourth-order valence-corrected chi connectivity index (χ4v) is 6.84. The lowest BCUT2D eigenvalue weighted by Crippen LogP contribution is -2.64. The van der Waals surface area contributed by atoms with E-state index in [1.54, 1.807) is 0 Å². The number of alkyl halides is 1. The largest absolute Gasteiger partial charge is 0.463 e. The van der Waals surface area contributed by atoms with Crippen LogP contribution in [0.5, 0.6) is 0 Å². The highest BCUT2D eigenvalue weighted by Gasteiger charge is 2.57. The molecule has 2 heterocycles. The Bertz CT molecular complexity index is 1100. The number of hydrogen-bond acceptors (Lipinski definition) is 17. The first-order valence-electron chi connectivity index (χ1n) is 13.2. The molecule has 2 aliphatic rings. The molecule has 44 heavy (non-hydrogen) atoms. The van der Waals surface area contributed by atoms with Crippen LogP contribution >= 0.6 is 34.4 Å². The second-order valence-electron chi connectivity index (χ2n) is 9.62. The van der Waals surface area contributed by atoms with Crippen LogP contribution in [0.4, 0.5) is 0 Å². The Morgan fingerprint density at radius 3 is 1.48 bits per heavy atom. The van der Waals surface area contributed by atoms with Crippen molar-refractivity contribution in [1.82, 2.24) is 0 Å². The third-order valence-corrected chi connectivity index (χ3v) is 8.24. The van der Waals surface area contributed by atoms with Crippen molar-refractivity contribution in [1.29, 1.82) is 0 Å². The van der Waals surface area contributed by atoms with E-state index in [4.69, 9.17) is 42.6 Å². The second-order valence-corrected chi connectivity index (χ2v) is 11.8. The van der Waals surface area contributed by atoms with E-state index in [2.05, 4.69) is 0 Å². The first kappa shape index (κ1) is 37.5. The van der Waals surface area contributed by atoms with Gasteiger partial charge in [0, 0.05) is 52.9 Å². The lowest BCUT2D eigenvalue weighted by atomic mass is 9.99. The molecule has 16 nitrogen and oxygen atoms in total. The zero-order chi connectivity index (χ0) is 33.3. The molecule has 0 amide bonds. The van der Waals surface area contributed by atoms with Crippen molar-refractivity contribution in [2.45, 2.75) is 108 Å². The molecule has 0 aromatic carbocycles. The quantitative estimate of drug-likeness (QED) is 0.123. The molecule has 0 N–H and O–H groups in total. The summed E-state index contributed by atoms with van der Waals surface area (Å²) in [6.07, 6.45) is -10.5. The van der Waals surface area contributed by atoms with Gasteiger partial charge in [0.1, 0.15) is 30.4 Å². The van der Waals surface area contributed by atoms with Crippen LogP contribution in [0.1, 0.15) is 48.5 Å². The molecule has 0 unspecified atom stereocenters. The van der Waals surface area contributed by atoms with Crippen molar-refractivity contribution in [3.8, 4) is 0 Å². The number of thioether (sulfide) groups is 1. The summed E-state index contributed by atoms with van der Waals surface area (Å²) in [6, 6.07) is 0. The number of esters is 7. The van der Waals surface area contributed by atoms with E-state index in [9.17, 15) is 33.6 Å². The van der Waals surface area contributed by atoms with E-state index in [-0.39, 0.29) is 4.43 Å². The van der Waals surface area contributed by atoms with Crippen molar-refractivity contribution in [2.24, 2.45) is 0 Å². The van der Waals surface area contributed by atoms with Crippen LogP contribution in [0.15, 0.2) is 0 Å². The Morgan fingerprint density at radius 1 is 0.545 bits per heavy atom. The molecule has 0 aliphatic carbocycles. The van der Waals surface area contributed by atoms with Gasteiger partial charge < -0.3 is 42.6 Å². The smallest absolute Gasteiger partial charge is 0.305 e. The minimum atomic E-state index is -1.48. The summed E-state index contributed by atoms with van der Waals surface area (Å²) in [5.74, 6) is -5.44. The summed E-state index contributed by atoms with van der Waals surface area (Å²) < 4.78 is 50.2. The predicted molar refractivity (Wildman–Crippen MR) is 154 cm³/mol. The number of carbonyl (C=O) groups excluding carboxylic acids is 7. The molecule has 0 bridgehead atoms. The first-order valence-corrected chi connectivity index (χ1v) is 15.7. The van der Waals surface area contributed by atoms with E-state index in [1.807, 2.05) is 22.6 Å². The van der Waals surface area contributed by atoms with E-state index in [1.165, 1.54) is 0 Å². The summed E-state index contributed by atoms with van der Waals surface area (Å²) in [7, 11) is 0. The minimum Gasteiger partial charge on any atom is -0.463 e. The highest BCUT2D eigenvalue weighted by Crippen LogP contribution is 2.42. The Balaban J connectivity index is 2.71. The van der Waals surface area contributed by atoms with Gasteiger partial charge in [-0.2, -0.15) is 0 Å². The normalized spacial score (nSPS) is 31.5. The van der Waals surface area contributed by atoms with Crippen LogP contribution in [0, 0.1) is 0 Å². The molecule has 0 saturated carbocycles.